The first-order valence-corrected chi connectivity index (χ1v) is 12.0. The van der Waals surface area contributed by atoms with E-state index in [1.807, 2.05) is 37.8 Å². The summed E-state index contributed by atoms with van der Waals surface area (Å²) in [5.41, 5.74) is 4.62. The predicted octanol–water partition coefficient (Wildman–Crippen LogP) is 2.96. The van der Waals surface area contributed by atoms with Gasteiger partial charge in [-0.15, -0.1) is 6.42 Å². The zero-order valence-electron chi connectivity index (χ0n) is 20.8. The molecule has 5 heterocycles. The molecular weight excluding hydrogens is 466 g/mol. The van der Waals surface area contributed by atoms with E-state index in [-0.39, 0.29) is 18.1 Å². The Kier molecular flexibility index (Phi) is 6.24. The number of urea groups is 1. The fourth-order valence-corrected chi connectivity index (χ4v) is 4.69. The van der Waals surface area contributed by atoms with E-state index in [2.05, 4.69) is 50.7 Å². The van der Waals surface area contributed by atoms with Crippen molar-refractivity contribution in [2.24, 2.45) is 7.05 Å². The third-order valence-corrected chi connectivity index (χ3v) is 6.79. The summed E-state index contributed by atoms with van der Waals surface area (Å²) in [6.45, 7) is 3.78. The summed E-state index contributed by atoms with van der Waals surface area (Å²) in [4.78, 5) is 19.0. The van der Waals surface area contributed by atoms with Gasteiger partial charge >= 0.3 is 6.03 Å². The highest BCUT2D eigenvalue weighted by Crippen LogP contribution is 2.33. The van der Waals surface area contributed by atoms with Crippen LogP contribution in [0.3, 0.4) is 0 Å². The van der Waals surface area contributed by atoms with Gasteiger partial charge in [-0.1, -0.05) is 5.92 Å². The Balaban J connectivity index is 1.38. The number of nitriles is 1. The number of piperidine rings is 1. The van der Waals surface area contributed by atoms with Gasteiger partial charge in [-0.05, 0) is 38.0 Å². The van der Waals surface area contributed by atoms with Crippen LogP contribution in [0.2, 0.25) is 0 Å². The van der Waals surface area contributed by atoms with Crippen LogP contribution in [0.25, 0.3) is 27.8 Å². The molecule has 0 saturated carbocycles. The summed E-state index contributed by atoms with van der Waals surface area (Å²) in [5.74, 6) is 3.28. The number of aryl methyl sites for hydroxylation is 1. The molecule has 186 valence electrons. The zero-order valence-corrected chi connectivity index (χ0v) is 20.8. The van der Waals surface area contributed by atoms with Gasteiger partial charge in [0.15, 0.2) is 0 Å². The standard InChI is InChI=1S/C27H27N9O/c1-4-9-29-26(37)33-27(2)7-10-35(11-8-27)24-6-5-19(14-30-24)23-12-20(22-16-31-34(3)17-22)18-36-25(23)21(13-28)15-32-36/h1,5-6,12,14-18H,7-11H2,2-3H3,(H2,29,33,37). The summed E-state index contributed by atoms with van der Waals surface area (Å²) < 4.78 is 3.49. The van der Waals surface area contributed by atoms with Crippen LogP contribution in [-0.4, -0.2) is 55.6 Å². The second kappa shape index (κ2) is 9.67. The number of hydrogen-bond acceptors (Lipinski definition) is 6. The normalized spacial score (nSPS) is 14.6. The number of aromatic nitrogens is 5. The topological polar surface area (TPSA) is 116 Å². The van der Waals surface area contributed by atoms with Crippen LogP contribution in [0.1, 0.15) is 25.3 Å². The first kappa shape index (κ1) is 23.9. The number of pyridine rings is 2. The molecule has 2 N–H and O–H groups in total. The highest BCUT2D eigenvalue weighted by atomic mass is 16.2. The Labute approximate surface area is 214 Å². The summed E-state index contributed by atoms with van der Waals surface area (Å²) in [7, 11) is 1.88. The molecule has 0 spiro atoms. The second-order valence-corrected chi connectivity index (χ2v) is 9.47. The third kappa shape index (κ3) is 4.82. The number of rotatable bonds is 5. The van der Waals surface area contributed by atoms with Crippen molar-refractivity contribution in [1.29, 1.82) is 5.26 Å². The zero-order chi connectivity index (χ0) is 26.0. The van der Waals surface area contributed by atoms with Gasteiger partial charge in [-0.3, -0.25) is 4.68 Å². The Morgan fingerprint density at radius 3 is 2.59 bits per heavy atom. The molecule has 10 nitrogen and oxygen atoms in total. The Hall–Kier alpha value is -4.83. The van der Waals surface area contributed by atoms with Gasteiger partial charge in [0.1, 0.15) is 11.9 Å². The van der Waals surface area contributed by atoms with Crippen LogP contribution >= 0.6 is 0 Å². The smallest absolute Gasteiger partial charge is 0.315 e. The lowest BCUT2D eigenvalue weighted by atomic mass is 9.89. The molecule has 0 atom stereocenters. The first-order chi connectivity index (χ1) is 17.9. The fourth-order valence-electron chi connectivity index (χ4n) is 4.69. The minimum absolute atomic E-state index is 0.205. The van der Waals surface area contributed by atoms with Crippen molar-refractivity contribution in [3.05, 3.63) is 54.7 Å². The highest BCUT2D eigenvalue weighted by molar-refractivity contribution is 5.87. The van der Waals surface area contributed by atoms with E-state index in [1.54, 1.807) is 21.6 Å². The minimum Gasteiger partial charge on any atom is -0.356 e. The van der Waals surface area contributed by atoms with Crippen molar-refractivity contribution in [3.8, 4) is 40.7 Å². The summed E-state index contributed by atoms with van der Waals surface area (Å²) in [6.07, 6.45) is 15.9. The lowest BCUT2D eigenvalue weighted by Crippen LogP contribution is -2.56. The van der Waals surface area contributed by atoms with Crippen LogP contribution < -0.4 is 15.5 Å². The molecule has 37 heavy (non-hydrogen) atoms. The Morgan fingerprint density at radius 2 is 1.95 bits per heavy atom. The molecule has 1 fully saturated rings. The quantitative estimate of drug-likeness (QED) is 0.413. The van der Waals surface area contributed by atoms with Crippen LogP contribution in [-0.2, 0) is 7.05 Å². The van der Waals surface area contributed by atoms with Gasteiger partial charge in [0.05, 0.1) is 30.0 Å². The minimum atomic E-state index is -0.302. The molecule has 0 bridgehead atoms. The van der Waals surface area contributed by atoms with E-state index in [1.165, 1.54) is 0 Å². The van der Waals surface area contributed by atoms with E-state index in [4.69, 9.17) is 11.4 Å². The van der Waals surface area contributed by atoms with Gasteiger partial charge in [-0.2, -0.15) is 15.5 Å². The van der Waals surface area contributed by atoms with Crippen molar-refractivity contribution in [3.63, 3.8) is 0 Å². The van der Waals surface area contributed by atoms with Crippen molar-refractivity contribution < 1.29 is 4.79 Å². The molecule has 0 aromatic carbocycles. The van der Waals surface area contributed by atoms with Crippen LogP contribution in [0, 0.1) is 23.7 Å². The van der Waals surface area contributed by atoms with E-state index >= 15 is 0 Å². The van der Waals surface area contributed by atoms with Crippen molar-refractivity contribution in [1.82, 2.24) is 35.0 Å². The molecule has 5 rings (SSSR count). The number of carbonyl (C=O) groups excluding carboxylic acids is 1. The van der Waals surface area contributed by atoms with Gasteiger partial charge < -0.3 is 15.5 Å². The number of nitrogens with one attached hydrogen (secondary N) is 2. The third-order valence-electron chi connectivity index (χ3n) is 6.79. The number of anilines is 1. The van der Waals surface area contributed by atoms with Crippen molar-refractivity contribution in [2.45, 2.75) is 25.3 Å². The summed E-state index contributed by atoms with van der Waals surface area (Å²) in [6, 6.07) is 8.08. The molecule has 0 unspecified atom stereocenters. The SMILES string of the molecule is C#CCNC(=O)NC1(C)CCN(c2ccc(-c3cc(-c4cnn(C)c4)cn4ncc(C#N)c34)cn2)CC1. The summed E-state index contributed by atoms with van der Waals surface area (Å²) >= 11 is 0. The van der Waals surface area contributed by atoms with Crippen LogP contribution in [0.4, 0.5) is 10.6 Å². The van der Waals surface area contributed by atoms with Gasteiger partial charge in [0.25, 0.3) is 0 Å². The average Bonchev–Trinajstić information content (AvgIpc) is 3.53. The molecule has 1 saturated heterocycles. The lowest BCUT2D eigenvalue weighted by Gasteiger charge is -2.40. The maximum absolute atomic E-state index is 12.1. The maximum Gasteiger partial charge on any atom is 0.315 e. The molecule has 10 heteroatoms. The van der Waals surface area contributed by atoms with Crippen molar-refractivity contribution in [2.75, 3.05) is 24.5 Å². The van der Waals surface area contributed by atoms with E-state index in [0.29, 0.717) is 5.56 Å². The fraction of sp³-hybridized carbons (Fsp3) is 0.296. The Morgan fingerprint density at radius 1 is 1.14 bits per heavy atom. The second-order valence-electron chi connectivity index (χ2n) is 9.47. The largest absolute Gasteiger partial charge is 0.356 e. The monoisotopic (exact) mass is 493 g/mol. The number of hydrogen-bond donors (Lipinski definition) is 2. The lowest BCUT2D eigenvalue weighted by molar-refractivity contribution is 0.219. The molecule has 2 amide bonds. The molecule has 4 aromatic heterocycles. The molecule has 1 aliphatic rings. The van der Waals surface area contributed by atoms with E-state index in [9.17, 15) is 10.1 Å². The van der Waals surface area contributed by atoms with Gasteiger partial charge in [0.2, 0.25) is 0 Å². The Bertz CT molecular complexity index is 1530. The predicted molar refractivity (Wildman–Crippen MR) is 141 cm³/mol. The summed E-state index contributed by atoms with van der Waals surface area (Å²) in [5, 5.41) is 24.1. The molecule has 1 aliphatic heterocycles. The van der Waals surface area contributed by atoms with E-state index in [0.717, 1.165) is 59.5 Å². The maximum atomic E-state index is 12.1. The number of terminal acetylenes is 1. The van der Waals surface area contributed by atoms with Crippen LogP contribution in [0.5, 0.6) is 0 Å². The van der Waals surface area contributed by atoms with Gasteiger partial charge in [-0.25, -0.2) is 14.3 Å². The molecular formula is C27H27N9O. The molecule has 0 radical (unpaired) electrons. The van der Waals surface area contributed by atoms with Crippen molar-refractivity contribution >= 4 is 17.4 Å². The highest BCUT2D eigenvalue weighted by Gasteiger charge is 2.32. The number of amides is 2. The first-order valence-electron chi connectivity index (χ1n) is 12.0. The molecule has 4 aromatic rings. The average molecular weight is 494 g/mol. The number of fused-ring (bicyclic) bond motifs is 1. The van der Waals surface area contributed by atoms with Gasteiger partial charge in [0, 0.05) is 66.5 Å². The number of nitrogens with zero attached hydrogens (tertiary/aromatic N) is 7. The number of carbonyl (C=O) groups is 1. The van der Waals surface area contributed by atoms with Crippen LogP contribution in [0.15, 0.2) is 49.2 Å². The molecule has 0 aliphatic carbocycles. The van der Waals surface area contributed by atoms with E-state index < -0.39 is 0 Å².